The van der Waals surface area contributed by atoms with E-state index in [-0.39, 0.29) is 23.2 Å². The quantitative estimate of drug-likeness (QED) is 0.390. The van der Waals surface area contributed by atoms with E-state index in [2.05, 4.69) is 25.3 Å². The summed E-state index contributed by atoms with van der Waals surface area (Å²) < 4.78 is 55.0. The number of sulfonamides is 1. The Morgan fingerprint density at radius 1 is 1.17 bits per heavy atom. The molecule has 12 heteroatoms. The second-order valence-electron chi connectivity index (χ2n) is 8.35. The van der Waals surface area contributed by atoms with E-state index in [9.17, 15) is 17.2 Å². The van der Waals surface area contributed by atoms with Crippen LogP contribution in [0.1, 0.15) is 12.8 Å². The fourth-order valence-corrected chi connectivity index (χ4v) is 5.90. The van der Waals surface area contributed by atoms with E-state index in [1.807, 2.05) is 0 Å². The Morgan fingerprint density at radius 2 is 1.97 bits per heavy atom. The van der Waals surface area contributed by atoms with Crippen LogP contribution in [0.15, 0.2) is 53.8 Å². The van der Waals surface area contributed by atoms with Crippen molar-refractivity contribution in [1.82, 2.24) is 24.2 Å². The van der Waals surface area contributed by atoms with Crippen molar-refractivity contribution >= 4 is 38.5 Å². The molecule has 1 atom stereocenters. The summed E-state index contributed by atoms with van der Waals surface area (Å²) in [5, 5.41) is 4.18. The lowest BCUT2D eigenvalue weighted by atomic mass is 10.00. The first-order chi connectivity index (χ1) is 16.8. The van der Waals surface area contributed by atoms with E-state index in [4.69, 9.17) is 11.6 Å². The van der Waals surface area contributed by atoms with Crippen molar-refractivity contribution in [3.8, 4) is 11.4 Å². The Hall–Kier alpha value is -3.15. The number of H-pyrrole nitrogens is 1. The van der Waals surface area contributed by atoms with Crippen LogP contribution in [0.25, 0.3) is 22.4 Å². The van der Waals surface area contributed by atoms with Gasteiger partial charge in [0.1, 0.15) is 11.5 Å². The summed E-state index contributed by atoms with van der Waals surface area (Å²) in [7, 11) is -3.74. The van der Waals surface area contributed by atoms with Gasteiger partial charge in [-0.15, -0.1) is 0 Å². The molecule has 4 aromatic rings. The SMILES string of the molecule is O=S(=O)(c1ccc(F)cc1)N1CCCC(CNc2nc(-c3c[nH]c4ncc(Cl)cc34)ncc2F)C1. The first-order valence-corrected chi connectivity index (χ1v) is 12.8. The summed E-state index contributed by atoms with van der Waals surface area (Å²) in [5.41, 5.74) is 1.24. The van der Waals surface area contributed by atoms with Crippen LogP contribution in [-0.4, -0.2) is 52.3 Å². The van der Waals surface area contributed by atoms with Crippen LogP contribution >= 0.6 is 11.6 Å². The van der Waals surface area contributed by atoms with E-state index in [0.29, 0.717) is 47.0 Å². The fourth-order valence-electron chi connectivity index (χ4n) is 4.19. The van der Waals surface area contributed by atoms with E-state index < -0.39 is 21.7 Å². The maximum atomic E-state index is 14.5. The Balaban J connectivity index is 1.31. The van der Waals surface area contributed by atoms with E-state index in [1.165, 1.54) is 22.6 Å². The average molecular weight is 519 g/mol. The largest absolute Gasteiger partial charge is 0.367 e. The lowest BCUT2D eigenvalue weighted by molar-refractivity contribution is 0.275. The number of fused-ring (bicyclic) bond motifs is 1. The predicted molar refractivity (Wildman–Crippen MR) is 128 cm³/mol. The summed E-state index contributed by atoms with van der Waals surface area (Å²) in [6.45, 7) is 0.961. The molecule has 5 rings (SSSR count). The van der Waals surface area contributed by atoms with Gasteiger partial charge in [-0.25, -0.2) is 32.2 Å². The number of hydrogen-bond donors (Lipinski definition) is 2. The first-order valence-electron chi connectivity index (χ1n) is 11.0. The normalized spacial score (nSPS) is 17.1. The minimum Gasteiger partial charge on any atom is -0.367 e. The summed E-state index contributed by atoms with van der Waals surface area (Å²) in [4.78, 5) is 15.7. The molecule has 2 N–H and O–H groups in total. The zero-order chi connectivity index (χ0) is 24.6. The molecular formula is C23H21ClF2N6O2S. The van der Waals surface area contributed by atoms with Gasteiger partial charge in [-0.1, -0.05) is 11.6 Å². The predicted octanol–water partition coefficient (Wildman–Crippen LogP) is 4.46. The number of nitrogens with zero attached hydrogens (tertiary/aromatic N) is 4. The Kier molecular flexibility index (Phi) is 6.39. The summed E-state index contributed by atoms with van der Waals surface area (Å²) in [5.74, 6) is -0.849. The molecule has 0 amide bonds. The standard InChI is InChI=1S/C23H21ClF2N6O2S/c24-15-8-18-19(11-29-21(18)28-10-15)22-30-12-20(26)23(31-22)27-9-14-2-1-7-32(13-14)35(33,34)17-5-3-16(25)4-6-17/h3-6,8,10-12,14H,1-2,7,9,13H2,(H,28,29)(H,27,30,31). The van der Waals surface area contributed by atoms with Crippen molar-refractivity contribution in [2.75, 3.05) is 25.0 Å². The third-order valence-corrected chi connectivity index (χ3v) is 8.06. The molecule has 0 spiro atoms. The Bertz CT molecular complexity index is 1480. The minimum absolute atomic E-state index is 0.0258. The van der Waals surface area contributed by atoms with Gasteiger partial charge in [0.05, 0.1) is 16.1 Å². The molecule has 1 saturated heterocycles. The van der Waals surface area contributed by atoms with Crippen molar-refractivity contribution in [2.45, 2.75) is 17.7 Å². The van der Waals surface area contributed by atoms with Gasteiger partial charge in [-0.05, 0) is 49.1 Å². The summed E-state index contributed by atoms with van der Waals surface area (Å²) in [6.07, 6.45) is 5.73. The molecule has 4 heterocycles. The van der Waals surface area contributed by atoms with Crippen molar-refractivity contribution in [2.24, 2.45) is 5.92 Å². The number of piperidine rings is 1. The first kappa shape index (κ1) is 23.6. The Labute approximate surface area is 205 Å². The topological polar surface area (TPSA) is 104 Å². The number of hydrogen-bond acceptors (Lipinski definition) is 6. The van der Waals surface area contributed by atoms with Crippen molar-refractivity contribution in [3.63, 3.8) is 0 Å². The number of nitrogens with one attached hydrogen (secondary N) is 2. The summed E-state index contributed by atoms with van der Waals surface area (Å²) in [6, 6.07) is 6.51. The van der Waals surface area contributed by atoms with Gasteiger partial charge in [0.2, 0.25) is 10.0 Å². The van der Waals surface area contributed by atoms with E-state index in [1.54, 1.807) is 12.3 Å². The van der Waals surface area contributed by atoms with Crippen molar-refractivity contribution in [3.05, 3.63) is 65.6 Å². The monoisotopic (exact) mass is 518 g/mol. The van der Waals surface area contributed by atoms with Gasteiger partial charge < -0.3 is 10.3 Å². The number of aromatic amines is 1. The summed E-state index contributed by atoms with van der Waals surface area (Å²) >= 11 is 6.06. The molecule has 182 valence electrons. The number of benzene rings is 1. The maximum Gasteiger partial charge on any atom is 0.243 e. The number of aromatic nitrogens is 4. The second-order valence-corrected chi connectivity index (χ2v) is 10.7. The molecule has 1 aliphatic rings. The molecule has 3 aromatic heterocycles. The highest BCUT2D eigenvalue weighted by atomic mass is 35.5. The molecule has 0 bridgehead atoms. The highest BCUT2D eigenvalue weighted by molar-refractivity contribution is 7.89. The average Bonchev–Trinajstić information content (AvgIpc) is 3.27. The third-order valence-electron chi connectivity index (χ3n) is 5.97. The molecule has 35 heavy (non-hydrogen) atoms. The molecular weight excluding hydrogens is 498 g/mol. The zero-order valence-electron chi connectivity index (χ0n) is 18.4. The highest BCUT2D eigenvalue weighted by Crippen LogP contribution is 2.29. The second kappa shape index (κ2) is 9.48. The zero-order valence-corrected chi connectivity index (χ0v) is 20.0. The maximum absolute atomic E-state index is 14.5. The van der Waals surface area contributed by atoms with Gasteiger partial charge >= 0.3 is 0 Å². The smallest absolute Gasteiger partial charge is 0.243 e. The van der Waals surface area contributed by atoms with Gasteiger partial charge in [0, 0.05) is 43.0 Å². The number of anilines is 1. The van der Waals surface area contributed by atoms with Crippen LogP contribution < -0.4 is 5.32 Å². The molecule has 0 aliphatic carbocycles. The molecule has 0 saturated carbocycles. The molecule has 1 aromatic carbocycles. The van der Waals surface area contributed by atoms with Gasteiger partial charge in [0.25, 0.3) is 0 Å². The molecule has 0 radical (unpaired) electrons. The van der Waals surface area contributed by atoms with Crippen LogP contribution in [-0.2, 0) is 10.0 Å². The van der Waals surface area contributed by atoms with Gasteiger partial charge in [-0.2, -0.15) is 4.31 Å². The third kappa shape index (κ3) is 4.84. The van der Waals surface area contributed by atoms with E-state index >= 15 is 0 Å². The molecule has 1 fully saturated rings. The lowest BCUT2D eigenvalue weighted by Gasteiger charge is -2.32. The minimum atomic E-state index is -3.74. The van der Waals surface area contributed by atoms with Crippen LogP contribution in [0, 0.1) is 17.6 Å². The van der Waals surface area contributed by atoms with Crippen molar-refractivity contribution < 1.29 is 17.2 Å². The fraction of sp³-hybridized carbons (Fsp3) is 0.261. The van der Waals surface area contributed by atoms with Crippen LogP contribution in [0.5, 0.6) is 0 Å². The van der Waals surface area contributed by atoms with Gasteiger partial charge in [-0.3, -0.25) is 0 Å². The van der Waals surface area contributed by atoms with Crippen LogP contribution in [0.2, 0.25) is 5.02 Å². The molecule has 8 nitrogen and oxygen atoms in total. The molecule has 1 aliphatic heterocycles. The van der Waals surface area contributed by atoms with E-state index in [0.717, 1.165) is 24.8 Å². The van der Waals surface area contributed by atoms with Crippen LogP contribution in [0.4, 0.5) is 14.6 Å². The van der Waals surface area contributed by atoms with Crippen molar-refractivity contribution in [1.29, 1.82) is 0 Å². The lowest BCUT2D eigenvalue weighted by Crippen LogP contribution is -2.41. The van der Waals surface area contributed by atoms with Gasteiger partial charge in [0.15, 0.2) is 17.5 Å². The Morgan fingerprint density at radius 3 is 2.77 bits per heavy atom. The number of halogens is 3. The van der Waals surface area contributed by atoms with Crippen LogP contribution in [0.3, 0.4) is 0 Å². The number of rotatable bonds is 6. The number of pyridine rings is 1. The molecule has 1 unspecified atom stereocenters. The highest BCUT2D eigenvalue weighted by Gasteiger charge is 2.30.